The molecule has 2 heterocycles. The van der Waals surface area contributed by atoms with Gasteiger partial charge < -0.3 is 9.80 Å². The van der Waals surface area contributed by atoms with E-state index in [1.54, 1.807) is 6.20 Å². The third-order valence-electron chi connectivity index (χ3n) is 4.86. The molecule has 5 heteroatoms. The number of hydrogen-bond acceptors (Lipinski definition) is 4. The summed E-state index contributed by atoms with van der Waals surface area (Å²) in [5.41, 5.74) is 0. The lowest BCUT2D eigenvalue weighted by Crippen LogP contribution is -2.47. The van der Waals surface area contributed by atoms with Gasteiger partial charge in [-0.1, -0.05) is 12.2 Å². The standard InChI is InChI=1S/C17H24N4O/c1-20(16-8-5-11-18-19-16)15-9-12-21(13-10-15)17(22)14-6-3-2-4-7-14/h2-3,5,8,11,14-15H,4,6-7,9-10,12-13H2,1H3/t14-/m0/s1. The maximum atomic E-state index is 12.6. The fraction of sp³-hybridized carbons (Fsp3) is 0.588. The fourth-order valence-corrected chi connectivity index (χ4v) is 3.42. The van der Waals surface area contributed by atoms with Gasteiger partial charge in [0.15, 0.2) is 5.82 Å². The van der Waals surface area contributed by atoms with E-state index in [0.717, 1.165) is 51.0 Å². The molecule has 0 radical (unpaired) electrons. The topological polar surface area (TPSA) is 49.3 Å². The zero-order valence-corrected chi connectivity index (χ0v) is 13.2. The molecule has 1 saturated heterocycles. The Labute approximate surface area is 132 Å². The minimum atomic E-state index is 0.208. The molecule has 0 aromatic carbocycles. The predicted octanol–water partition coefficient (Wildman–Crippen LogP) is 2.26. The molecule has 0 spiro atoms. The van der Waals surface area contributed by atoms with Crippen molar-refractivity contribution in [2.75, 3.05) is 25.0 Å². The summed E-state index contributed by atoms with van der Waals surface area (Å²) in [6.07, 6.45) is 11.0. The first-order valence-corrected chi connectivity index (χ1v) is 8.20. The van der Waals surface area contributed by atoms with E-state index in [1.807, 2.05) is 12.1 Å². The highest BCUT2D eigenvalue weighted by atomic mass is 16.2. The SMILES string of the molecule is CN(c1cccnn1)C1CCN(C(=O)[C@H]2CC=CCC2)CC1. The highest BCUT2D eigenvalue weighted by Crippen LogP contribution is 2.24. The minimum Gasteiger partial charge on any atom is -0.355 e. The Kier molecular flexibility index (Phi) is 4.71. The second-order valence-electron chi connectivity index (χ2n) is 6.23. The Bertz CT molecular complexity index is 523. The lowest BCUT2D eigenvalue weighted by Gasteiger charge is -2.38. The molecule has 5 nitrogen and oxygen atoms in total. The second kappa shape index (κ2) is 6.90. The van der Waals surface area contributed by atoms with Crippen molar-refractivity contribution in [3.8, 4) is 0 Å². The van der Waals surface area contributed by atoms with Crippen LogP contribution >= 0.6 is 0 Å². The highest BCUT2D eigenvalue weighted by molar-refractivity contribution is 5.79. The number of likely N-dealkylation sites (tertiary alicyclic amines) is 1. The van der Waals surface area contributed by atoms with Gasteiger partial charge in [0.05, 0.1) is 0 Å². The number of rotatable bonds is 3. The molecule has 0 unspecified atom stereocenters. The van der Waals surface area contributed by atoms with Crippen molar-refractivity contribution in [2.24, 2.45) is 5.92 Å². The molecule has 22 heavy (non-hydrogen) atoms. The van der Waals surface area contributed by atoms with Crippen molar-refractivity contribution in [1.82, 2.24) is 15.1 Å². The van der Waals surface area contributed by atoms with E-state index >= 15 is 0 Å². The van der Waals surface area contributed by atoms with Crippen molar-refractivity contribution in [3.63, 3.8) is 0 Å². The number of amides is 1. The molecule has 2 aliphatic rings. The molecule has 0 saturated carbocycles. The summed E-state index contributed by atoms with van der Waals surface area (Å²) in [4.78, 5) is 16.8. The number of nitrogens with zero attached hydrogens (tertiary/aromatic N) is 4. The number of hydrogen-bond donors (Lipinski definition) is 0. The Morgan fingerprint density at radius 1 is 1.27 bits per heavy atom. The molecule has 1 aromatic heterocycles. The molecule has 1 amide bonds. The zero-order chi connectivity index (χ0) is 15.4. The van der Waals surface area contributed by atoms with E-state index < -0.39 is 0 Å². The van der Waals surface area contributed by atoms with Gasteiger partial charge in [-0.05, 0) is 44.2 Å². The molecule has 3 rings (SSSR count). The van der Waals surface area contributed by atoms with Crippen molar-refractivity contribution < 1.29 is 4.79 Å². The molecular formula is C17H24N4O. The van der Waals surface area contributed by atoms with Crippen molar-refractivity contribution in [2.45, 2.75) is 38.1 Å². The summed E-state index contributed by atoms with van der Waals surface area (Å²) in [6.45, 7) is 1.71. The summed E-state index contributed by atoms with van der Waals surface area (Å²) < 4.78 is 0. The first kappa shape index (κ1) is 15.0. The molecule has 0 bridgehead atoms. The van der Waals surface area contributed by atoms with Crippen LogP contribution in [0.5, 0.6) is 0 Å². The van der Waals surface area contributed by atoms with Gasteiger partial charge in [0.1, 0.15) is 0 Å². The van der Waals surface area contributed by atoms with Crippen LogP contribution in [0.15, 0.2) is 30.5 Å². The summed E-state index contributed by atoms with van der Waals surface area (Å²) in [7, 11) is 2.07. The molecule has 0 N–H and O–H groups in total. The Hall–Kier alpha value is -1.91. The number of allylic oxidation sites excluding steroid dienone is 2. The normalized spacial score (nSPS) is 22.6. The van der Waals surface area contributed by atoms with Crippen LogP contribution < -0.4 is 4.90 Å². The average Bonchev–Trinajstić information content (AvgIpc) is 2.62. The number of piperidine rings is 1. The lowest BCUT2D eigenvalue weighted by molar-refractivity contribution is -0.136. The van der Waals surface area contributed by atoms with Crippen LogP contribution in [0.4, 0.5) is 5.82 Å². The van der Waals surface area contributed by atoms with Gasteiger partial charge in [-0.15, -0.1) is 5.10 Å². The van der Waals surface area contributed by atoms with Crippen molar-refractivity contribution in [1.29, 1.82) is 0 Å². The second-order valence-corrected chi connectivity index (χ2v) is 6.23. The van der Waals surface area contributed by atoms with E-state index in [4.69, 9.17) is 0 Å². The van der Waals surface area contributed by atoms with Gasteiger partial charge >= 0.3 is 0 Å². The molecule has 1 aliphatic carbocycles. The molecule has 1 aromatic rings. The number of anilines is 1. The number of carbonyl (C=O) groups excluding carboxylic acids is 1. The summed E-state index contributed by atoms with van der Waals surface area (Å²) in [5, 5.41) is 8.11. The van der Waals surface area contributed by atoms with E-state index in [2.05, 4.69) is 39.2 Å². The smallest absolute Gasteiger partial charge is 0.226 e. The third-order valence-corrected chi connectivity index (χ3v) is 4.86. The average molecular weight is 300 g/mol. The van der Waals surface area contributed by atoms with Gasteiger partial charge in [-0.3, -0.25) is 4.79 Å². The summed E-state index contributed by atoms with van der Waals surface area (Å²) in [6, 6.07) is 4.33. The third kappa shape index (κ3) is 3.29. The maximum Gasteiger partial charge on any atom is 0.226 e. The summed E-state index contributed by atoms with van der Waals surface area (Å²) in [5.74, 6) is 1.47. The highest BCUT2D eigenvalue weighted by Gasteiger charge is 2.29. The van der Waals surface area contributed by atoms with Crippen LogP contribution in [0.25, 0.3) is 0 Å². The maximum absolute atomic E-state index is 12.6. The summed E-state index contributed by atoms with van der Waals surface area (Å²) >= 11 is 0. The van der Waals surface area contributed by atoms with Gasteiger partial charge in [0.2, 0.25) is 5.91 Å². The number of aromatic nitrogens is 2. The Morgan fingerprint density at radius 3 is 2.73 bits per heavy atom. The molecule has 118 valence electrons. The van der Waals surface area contributed by atoms with E-state index in [1.165, 1.54) is 0 Å². The van der Waals surface area contributed by atoms with E-state index in [9.17, 15) is 4.79 Å². The largest absolute Gasteiger partial charge is 0.355 e. The van der Waals surface area contributed by atoms with Crippen LogP contribution in [0.2, 0.25) is 0 Å². The Morgan fingerprint density at radius 2 is 2.09 bits per heavy atom. The van der Waals surface area contributed by atoms with E-state index in [-0.39, 0.29) is 5.92 Å². The van der Waals surface area contributed by atoms with Crippen LogP contribution in [0.1, 0.15) is 32.1 Å². The molecule has 1 fully saturated rings. The van der Waals surface area contributed by atoms with Crippen molar-refractivity contribution in [3.05, 3.63) is 30.5 Å². The zero-order valence-electron chi connectivity index (χ0n) is 13.2. The first-order valence-electron chi connectivity index (χ1n) is 8.20. The first-order chi connectivity index (χ1) is 10.8. The van der Waals surface area contributed by atoms with Gasteiger partial charge in [0, 0.05) is 38.3 Å². The van der Waals surface area contributed by atoms with Crippen LogP contribution in [-0.2, 0) is 4.79 Å². The van der Waals surface area contributed by atoms with Crippen LogP contribution in [0, 0.1) is 5.92 Å². The Balaban J connectivity index is 1.54. The molecule has 1 aliphatic heterocycles. The van der Waals surface area contributed by atoms with Gasteiger partial charge in [-0.25, -0.2) is 0 Å². The van der Waals surface area contributed by atoms with Crippen molar-refractivity contribution >= 4 is 11.7 Å². The quantitative estimate of drug-likeness (QED) is 0.804. The van der Waals surface area contributed by atoms with Gasteiger partial charge in [0.25, 0.3) is 0 Å². The van der Waals surface area contributed by atoms with Crippen LogP contribution in [-0.4, -0.2) is 47.2 Å². The lowest BCUT2D eigenvalue weighted by atomic mass is 9.92. The fourth-order valence-electron chi connectivity index (χ4n) is 3.42. The van der Waals surface area contributed by atoms with Crippen LogP contribution in [0.3, 0.4) is 0 Å². The van der Waals surface area contributed by atoms with E-state index in [0.29, 0.717) is 11.9 Å². The van der Waals surface area contributed by atoms with Gasteiger partial charge in [-0.2, -0.15) is 5.10 Å². The molecule has 1 atom stereocenters. The molecular weight excluding hydrogens is 276 g/mol. The monoisotopic (exact) mass is 300 g/mol. The number of carbonyl (C=O) groups is 1. The predicted molar refractivity (Wildman–Crippen MR) is 86.5 cm³/mol. The minimum absolute atomic E-state index is 0.208.